The number of likely N-dealkylation sites (tertiary alicyclic amines) is 1. The van der Waals surface area contributed by atoms with Crippen molar-refractivity contribution in [2.75, 3.05) is 57.4 Å². The molecule has 1 atom stereocenters. The van der Waals surface area contributed by atoms with Gasteiger partial charge in [0, 0.05) is 57.3 Å². The van der Waals surface area contributed by atoms with Crippen LogP contribution in [0, 0.1) is 5.92 Å². The minimum absolute atomic E-state index is 0.0438. The Hall–Kier alpha value is -5.01. The molecule has 4 rings (SSSR count). The summed E-state index contributed by atoms with van der Waals surface area (Å²) in [4.78, 5) is 89.0. The van der Waals surface area contributed by atoms with Crippen LogP contribution < -0.4 is 4.90 Å². The van der Waals surface area contributed by atoms with Gasteiger partial charge in [-0.3, -0.25) is 29.0 Å². The number of nitrogens with zero attached hydrogens (tertiary/aromatic N) is 5. The SMILES string of the molecule is CCOC(=O)CC(=O)N1CCC(CC(C(=O)N2CCN(c3ccncc3)CC2)N(C(=O)CC(=O)OCC)C(=O)OCc2ccccc2)CC1. The molecule has 2 aliphatic rings. The van der Waals surface area contributed by atoms with E-state index in [4.69, 9.17) is 14.2 Å². The first kappa shape index (κ1) is 36.8. The lowest BCUT2D eigenvalue weighted by atomic mass is 9.88. The van der Waals surface area contributed by atoms with E-state index in [1.165, 1.54) is 0 Å². The molecule has 1 aromatic carbocycles. The summed E-state index contributed by atoms with van der Waals surface area (Å²) in [5, 5.41) is 0. The normalized spacial score (nSPS) is 15.6. The number of benzene rings is 1. The molecule has 4 amide bonds. The van der Waals surface area contributed by atoms with Crippen LogP contribution in [0.2, 0.25) is 0 Å². The van der Waals surface area contributed by atoms with Crippen molar-refractivity contribution in [3.05, 3.63) is 60.4 Å². The third-order valence-corrected chi connectivity index (χ3v) is 8.61. The highest BCUT2D eigenvalue weighted by Gasteiger charge is 2.41. The second kappa shape index (κ2) is 18.5. The van der Waals surface area contributed by atoms with Crippen molar-refractivity contribution in [3.63, 3.8) is 0 Å². The zero-order valence-electron chi connectivity index (χ0n) is 28.2. The molecule has 264 valence electrons. The summed E-state index contributed by atoms with van der Waals surface area (Å²) in [6.45, 7) is 5.78. The van der Waals surface area contributed by atoms with E-state index in [1.54, 1.807) is 60.3 Å². The molecule has 1 unspecified atom stereocenters. The average Bonchev–Trinajstić information content (AvgIpc) is 3.11. The van der Waals surface area contributed by atoms with Crippen LogP contribution >= 0.6 is 0 Å². The van der Waals surface area contributed by atoms with Crippen molar-refractivity contribution in [2.24, 2.45) is 5.92 Å². The number of hydrogen-bond donors (Lipinski definition) is 0. The molecule has 2 aliphatic heterocycles. The number of ether oxygens (including phenoxy) is 3. The zero-order chi connectivity index (χ0) is 35.2. The Morgan fingerprint density at radius 1 is 0.776 bits per heavy atom. The van der Waals surface area contributed by atoms with Gasteiger partial charge in [0.2, 0.25) is 17.7 Å². The highest BCUT2D eigenvalue weighted by molar-refractivity contribution is 6.04. The molecule has 14 nitrogen and oxygen atoms in total. The van der Waals surface area contributed by atoms with Crippen LogP contribution in [0.15, 0.2) is 54.9 Å². The lowest BCUT2D eigenvalue weighted by molar-refractivity contribution is -0.152. The molecule has 1 aromatic heterocycles. The van der Waals surface area contributed by atoms with E-state index >= 15 is 0 Å². The van der Waals surface area contributed by atoms with E-state index in [1.807, 2.05) is 18.2 Å². The first-order valence-electron chi connectivity index (χ1n) is 16.8. The number of amides is 4. The number of carbonyl (C=O) groups excluding carboxylic acids is 6. The Kier molecular flexibility index (Phi) is 13.9. The quantitative estimate of drug-likeness (QED) is 0.174. The fraction of sp³-hybridized carbons (Fsp3) is 0.514. The maximum absolute atomic E-state index is 14.4. The Labute approximate surface area is 286 Å². The Morgan fingerprint density at radius 3 is 2.00 bits per heavy atom. The minimum atomic E-state index is -1.26. The van der Waals surface area contributed by atoms with E-state index in [0.29, 0.717) is 57.7 Å². The van der Waals surface area contributed by atoms with Gasteiger partial charge in [0.15, 0.2) is 0 Å². The number of esters is 2. The summed E-state index contributed by atoms with van der Waals surface area (Å²) < 4.78 is 15.5. The Balaban J connectivity index is 1.55. The van der Waals surface area contributed by atoms with Gasteiger partial charge >= 0.3 is 18.0 Å². The van der Waals surface area contributed by atoms with Gasteiger partial charge in [-0.25, -0.2) is 9.69 Å². The summed E-state index contributed by atoms with van der Waals surface area (Å²) in [7, 11) is 0. The number of anilines is 1. The minimum Gasteiger partial charge on any atom is -0.466 e. The maximum atomic E-state index is 14.4. The van der Waals surface area contributed by atoms with Crippen LogP contribution in [0.5, 0.6) is 0 Å². The lowest BCUT2D eigenvalue weighted by Crippen LogP contribution is -2.58. The Bertz CT molecular complexity index is 1430. The van der Waals surface area contributed by atoms with Crippen molar-refractivity contribution in [2.45, 2.75) is 58.6 Å². The van der Waals surface area contributed by atoms with Crippen LogP contribution in [0.4, 0.5) is 10.5 Å². The third kappa shape index (κ3) is 10.7. The summed E-state index contributed by atoms with van der Waals surface area (Å²) in [5.41, 5.74) is 1.65. The molecule has 2 saturated heterocycles. The van der Waals surface area contributed by atoms with Gasteiger partial charge < -0.3 is 28.9 Å². The molecule has 0 spiro atoms. The van der Waals surface area contributed by atoms with Crippen LogP contribution in [-0.2, 0) is 44.8 Å². The van der Waals surface area contributed by atoms with E-state index < -0.39 is 42.3 Å². The molecule has 0 N–H and O–H groups in total. The molecule has 3 heterocycles. The number of hydrogen-bond acceptors (Lipinski definition) is 11. The van der Waals surface area contributed by atoms with E-state index in [0.717, 1.165) is 10.6 Å². The smallest absolute Gasteiger partial charge is 0.417 e. The van der Waals surface area contributed by atoms with Gasteiger partial charge in [-0.1, -0.05) is 30.3 Å². The highest BCUT2D eigenvalue weighted by atomic mass is 16.6. The number of piperazine rings is 1. The van der Waals surface area contributed by atoms with E-state index in [9.17, 15) is 28.8 Å². The summed E-state index contributed by atoms with van der Waals surface area (Å²) in [6, 6.07) is 11.4. The molecule has 2 aromatic rings. The highest BCUT2D eigenvalue weighted by Crippen LogP contribution is 2.27. The molecular weight excluding hydrogens is 634 g/mol. The molecule has 2 fully saturated rings. The van der Waals surface area contributed by atoms with Gasteiger partial charge in [0.05, 0.1) is 13.2 Å². The molecule has 0 bridgehead atoms. The number of carbonyl (C=O) groups is 6. The Morgan fingerprint density at radius 2 is 1.39 bits per heavy atom. The topological polar surface area (TPSA) is 156 Å². The second-order valence-corrected chi connectivity index (χ2v) is 11.9. The van der Waals surface area contributed by atoms with Crippen molar-refractivity contribution in [1.82, 2.24) is 19.7 Å². The summed E-state index contributed by atoms with van der Waals surface area (Å²) >= 11 is 0. The van der Waals surface area contributed by atoms with E-state index in [2.05, 4.69) is 9.88 Å². The van der Waals surface area contributed by atoms with Crippen LogP contribution in [0.25, 0.3) is 0 Å². The van der Waals surface area contributed by atoms with Gasteiger partial charge in [0.1, 0.15) is 25.5 Å². The summed E-state index contributed by atoms with van der Waals surface area (Å²) in [5.74, 6) is -3.23. The standard InChI is InChI=1S/C35H45N5O9/c1-3-47-32(43)23-30(41)38-16-12-26(13-17-38)22-29(34(45)39-20-18-37(19-21-39)28-10-14-36-15-11-28)40(31(42)24-33(44)48-4-2)35(46)49-25-27-8-6-5-7-9-27/h5-11,14-15,26,29H,3-4,12-13,16-25H2,1-2H3. The predicted molar refractivity (Wildman–Crippen MR) is 177 cm³/mol. The van der Waals surface area contributed by atoms with Crippen molar-refractivity contribution in [1.29, 1.82) is 0 Å². The average molecular weight is 680 g/mol. The van der Waals surface area contributed by atoms with Crippen molar-refractivity contribution >= 4 is 41.4 Å². The second-order valence-electron chi connectivity index (χ2n) is 11.9. The fourth-order valence-electron chi connectivity index (χ4n) is 6.06. The van der Waals surface area contributed by atoms with Crippen molar-refractivity contribution < 1.29 is 43.0 Å². The largest absolute Gasteiger partial charge is 0.466 e. The zero-order valence-corrected chi connectivity index (χ0v) is 28.2. The number of piperidine rings is 1. The molecule has 14 heteroatoms. The first-order chi connectivity index (χ1) is 23.7. The van der Waals surface area contributed by atoms with Crippen LogP contribution in [0.1, 0.15) is 51.5 Å². The van der Waals surface area contributed by atoms with E-state index in [-0.39, 0.29) is 44.5 Å². The van der Waals surface area contributed by atoms with Crippen LogP contribution in [0.3, 0.4) is 0 Å². The molecule has 0 radical (unpaired) electrons. The van der Waals surface area contributed by atoms with Gasteiger partial charge in [-0.2, -0.15) is 0 Å². The van der Waals surface area contributed by atoms with Crippen molar-refractivity contribution in [3.8, 4) is 0 Å². The number of aromatic nitrogens is 1. The van der Waals surface area contributed by atoms with Gasteiger partial charge in [-0.05, 0) is 56.7 Å². The number of rotatable bonds is 13. The monoisotopic (exact) mass is 679 g/mol. The molecule has 0 saturated carbocycles. The number of imide groups is 1. The number of pyridine rings is 1. The van der Waals surface area contributed by atoms with Crippen LogP contribution in [-0.4, -0.2) is 114 Å². The predicted octanol–water partition coefficient (Wildman–Crippen LogP) is 2.80. The maximum Gasteiger partial charge on any atom is 0.417 e. The summed E-state index contributed by atoms with van der Waals surface area (Å²) in [6.07, 6.45) is 2.34. The molecular formula is C35H45N5O9. The third-order valence-electron chi connectivity index (χ3n) is 8.61. The molecule has 49 heavy (non-hydrogen) atoms. The first-order valence-corrected chi connectivity index (χ1v) is 16.8. The fourth-order valence-corrected chi connectivity index (χ4v) is 6.06. The molecule has 0 aliphatic carbocycles. The van der Waals surface area contributed by atoms with Gasteiger partial charge in [0.25, 0.3) is 0 Å². The van der Waals surface area contributed by atoms with Gasteiger partial charge in [-0.15, -0.1) is 0 Å². The lowest BCUT2D eigenvalue weighted by Gasteiger charge is -2.40.